The number of rotatable bonds is 6. The van der Waals surface area contributed by atoms with E-state index in [0.29, 0.717) is 36.9 Å². The van der Waals surface area contributed by atoms with Gasteiger partial charge in [-0.3, -0.25) is 9.59 Å². The molecule has 1 N–H and O–H groups in total. The minimum absolute atomic E-state index is 0.0514. The number of nitrogens with zero attached hydrogens (tertiary/aromatic N) is 4. The first kappa shape index (κ1) is 23.0. The molecule has 1 aliphatic rings. The fourth-order valence-corrected chi connectivity index (χ4v) is 4.44. The summed E-state index contributed by atoms with van der Waals surface area (Å²) in [6.07, 6.45) is 1.58. The van der Waals surface area contributed by atoms with Crippen molar-refractivity contribution in [2.24, 2.45) is 0 Å². The van der Waals surface area contributed by atoms with E-state index in [1.54, 1.807) is 17.2 Å². The number of likely N-dealkylation sites (N-methyl/N-ethyl adjacent to an activating group) is 1. The van der Waals surface area contributed by atoms with Crippen LogP contribution < -0.4 is 10.2 Å². The number of nitrogens with one attached hydrogen (secondary N) is 1. The van der Waals surface area contributed by atoms with Crippen LogP contribution in [0.2, 0.25) is 5.02 Å². The molecule has 2 aromatic rings. The van der Waals surface area contributed by atoms with Crippen LogP contribution in [-0.4, -0.2) is 74.2 Å². The number of carbonyl (C=O) groups excluding carboxylic acids is 2. The summed E-state index contributed by atoms with van der Waals surface area (Å²) in [6, 6.07) is 9.42. The standard InChI is InChI=1S/C20H24ClN5O4S/c1-15(27)23-17-4-6-18(7-5-17)31(29,30)24(2)14-20(28)26-11-9-25(10-12-26)19-8-3-16(21)13-22-19/h3-8,13H,9-12,14H2,1-2H3,(H,23,27). The van der Waals surface area contributed by atoms with Crippen LogP contribution in [0.5, 0.6) is 0 Å². The first-order valence-electron chi connectivity index (χ1n) is 9.65. The maximum Gasteiger partial charge on any atom is 0.243 e. The molecular formula is C20H24ClN5O4S. The molecule has 1 aromatic heterocycles. The van der Waals surface area contributed by atoms with Gasteiger partial charge in [0, 0.05) is 52.0 Å². The summed E-state index contributed by atoms with van der Waals surface area (Å²) in [4.78, 5) is 31.8. The van der Waals surface area contributed by atoms with Crippen LogP contribution in [-0.2, 0) is 19.6 Å². The van der Waals surface area contributed by atoms with Crippen molar-refractivity contribution in [3.05, 3.63) is 47.6 Å². The van der Waals surface area contributed by atoms with Gasteiger partial charge in [-0.1, -0.05) is 11.6 Å². The summed E-state index contributed by atoms with van der Waals surface area (Å²) in [5.74, 6) is 0.286. The Hall–Kier alpha value is -2.69. The second-order valence-corrected chi connectivity index (χ2v) is 9.65. The largest absolute Gasteiger partial charge is 0.353 e. The summed E-state index contributed by atoms with van der Waals surface area (Å²) in [7, 11) is -2.46. The number of halogens is 1. The molecule has 11 heteroatoms. The van der Waals surface area contributed by atoms with Crippen LogP contribution in [0.3, 0.4) is 0 Å². The molecule has 1 aromatic carbocycles. The fourth-order valence-electron chi connectivity index (χ4n) is 3.21. The molecular weight excluding hydrogens is 442 g/mol. The molecule has 0 radical (unpaired) electrons. The van der Waals surface area contributed by atoms with Gasteiger partial charge in [0.1, 0.15) is 5.82 Å². The Morgan fingerprint density at radius 2 is 1.74 bits per heavy atom. The molecule has 0 bridgehead atoms. The van der Waals surface area contributed by atoms with Gasteiger partial charge in [-0.15, -0.1) is 0 Å². The van der Waals surface area contributed by atoms with E-state index < -0.39 is 10.0 Å². The number of hydrogen-bond donors (Lipinski definition) is 1. The lowest BCUT2D eigenvalue weighted by molar-refractivity contribution is -0.131. The minimum Gasteiger partial charge on any atom is -0.353 e. The van der Waals surface area contributed by atoms with E-state index in [1.807, 2.05) is 6.07 Å². The highest BCUT2D eigenvalue weighted by Gasteiger charge is 2.27. The van der Waals surface area contributed by atoms with E-state index in [4.69, 9.17) is 11.6 Å². The lowest BCUT2D eigenvalue weighted by atomic mass is 10.3. The number of benzene rings is 1. The van der Waals surface area contributed by atoms with Gasteiger partial charge in [-0.05, 0) is 36.4 Å². The molecule has 2 heterocycles. The number of sulfonamides is 1. The van der Waals surface area contributed by atoms with Crippen LogP contribution in [0.15, 0.2) is 47.5 Å². The summed E-state index contributed by atoms with van der Waals surface area (Å²) in [6.45, 7) is 3.26. The number of anilines is 2. The average Bonchev–Trinajstić information content (AvgIpc) is 2.74. The van der Waals surface area contributed by atoms with Crippen LogP contribution in [0.1, 0.15) is 6.92 Å². The summed E-state index contributed by atoms with van der Waals surface area (Å²) in [5, 5.41) is 3.14. The van der Waals surface area contributed by atoms with Gasteiger partial charge in [-0.2, -0.15) is 4.31 Å². The maximum atomic E-state index is 12.8. The number of aromatic nitrogens is 1. The zero-order valence-electron chi connectivity index (χ0n) is 17.3. The van der Waals surface area contributed by atoms with Gasteiger partial charge in [0.15, 0.2) is 0 Å². The van der Waals surface area contributed by atoms with E-state index in [0.717, 1.165) is 10.1 Å². The molecule has 0 atom stereocenters. The van der Waals surface area contributed by atoms with Crippen molar-refractivity contribution in [2.45, 2.75) is 11.8 Å². The summed E-state index contributed by atoms with van der Waals surface area (Å²) in [5.41, 5.74) is 0.498. The van der Waals surface area contributed by atoms with Gasteiger partial charge in [0.25, 0.3) is 0 Å². The topological polar surface area (TPSA) is 103 Å². The average molecular weight is 466 g/mol. The minimum atomic E-state index is -3.84. The van der Waals surface area contributed by atoms with Crippen LogP contribution in [0.25, 0.3) is 0 Å². The number of carbonyl (C=O) groups is 2. The van der Waals surface area contributed by atoms with Gasteiger partial charge in [0.05, 0.1) is 16.5 Å². The highest BCUT2D eigenvalue weighted by Crippen LogP contribution is 2.19. The second-order valence-electron chi connectivity index (χ2n) is 7.17. The van der Waals surface area contributed by atoms with Crippen molar-refractivity contribution in [3.8, 4) is 0 Å². The highest BCUT2D eigenvalue weighted by atomic mass is 35.5. The van der Waals surface area contributed by atoms with Gasteiger partial charge < -0.3 is 15.1 Å². The van der Waals surface area contributed by atoms with Crippen molar-refractivity contribution in [3.63, 3.8) is 0 Å². The lowest BCUT2D eigenvalue weighted by Gasteiger charge is -2.36. The number of pyridine rings is 1. The molecule has 0 spiro atoms. The third-order valence-corrected chi connectivity index (χ3v) is 6.95. The molecule has 9 nitrogen and oxygen atoms in total. The van der Waals surface area contributed by atoms with Crippen molar-refractivity contribution in [1.82, 2.24) is 14.2 Å². The quantitative estimate of drug-likeness (QED) is 0.696. The van der Waals surface area contributed by atoms with Crippen molar-refractivity contribution in [2.75, 3.05) is 50.0 Å². The van der Waals surface area contributed by atoms with E-state index >= 15 is 0 Å². The first-order valence-corrected chi connectivity index (χ1v) is 11.5. The van der Waals surface area contributed by atoms with Crippen LogP contribution >= 0.6 is 11.6 Å². The lowest BCUT2D eigenvalue weighted by Crippen LogP contribution is -2.51. The molecule has 1 aliphatic heterocycles. The molecule has 0 saturated carbocycles. The Balaban J connectivity index is 1.57. The molecule has 1 saturated heterocycles. The Labute approximate surface area is 186 Å². The summed E-state index contributed by atoms with van der Waals surface area (Å²) < 4.78 is 26.6. The van der Waals surface area contributed by atoms with E-state index in [2.05, 4.69) is 15.2 Å². The Bertz CT molecular complexity index is 1040. The third-order valence-electron chi connectivity index (χ3n) is 4.91. The zero-order valence-corrected chi connectivity index (χ0v) is 18.9. The molecule has 0 unspecified atom stereocenters. The molecule has 166 valence electrons. The molecule has 1 fully saturated rings. The fraction of sp³-hybridized carbons (Fsp3) is 0.350. The highest BCUT2D eigenvalue weighted by molar-refractivity contribution is 7.89. The SMILES string of the molecule is CC(=O)Nc1ccc(S(=O)(=O)N(C)CC(=O)N2CCN(c3ccc(Cl)cn3)CC2)cc1. The van der Waals surface area contributed by atoms with E-state index in [1.165, 1.54) is 38.2 Å². The Morgan fingerprint density at radius 1 is 1.10 bits per heavy atom. The Morgan fingerprint density at radius 3 is 2.29 bits per heavy atom. The van der Waals surface area contributed by atoms with Gasteiger partial charge in [-0.25, -0.2) is 13.4 Å². The zero-order chi connectivity index (χ0) is 22.6. The first-order chi connectivity index (χ1) is 14.7. The molecule has 3 rings (SSSR count). The van der Waals surface area contributed by atoms with E-state index in [-0.39, 0.29) is 23.3 Å². The predicted octanol–water partition coefficient (Wildman–Crippen LogP) is 1.66. The third kappa shape index (κ3) is 5.72. The molecule has 31 heavy (non-hydrogen) atoms. The van der Waals surface area contributed by atoms with Crippen molar-refractivity contribution in [1.29, 1.82) is 0 Å². The number of piperazine rings is 1. The van der Waals surface area contributed by atoms with E-state index in [9.17, 15) is 18.0 Å². The maximum absolute atomic E-state index is 12.8. The number of amides is 2. The van der Waals surface area contributed by atoms with Crippen molar-refractivity contribution < 1.29 is 18.0 Å². The normalized spacial score (nSPS) is 14.6. The Kier molecular flexibility index (Phi) is 7.14. The predicted molar refractivity (Wildman–Crippen MR) is 119 cm³/mol. The van der Waals surface area contributed by atoms with Gasteiger partial charge >= 0.3 is 0 Å². The molecule has 0 aliphatic carbocycles. The number of hydrogen-bond acceptors (Lipinski definition) is 6. The monoisotopic (exact) mass is 465 g/mol. The molecule has 2 amide bonds. The summed E-state index contributed by atoms with van der Waals surface area (Å²) >= 11 is 5.87. The van der Waals surface area contributed by atoms with Crippen LogP contribution in [0, 0.1) is 0 Å². The second kappa shape index (κ2) is 9.63. The van der Waals surface area contributed by atoms with Crippen molar-refractivity contribution >= 4 is 44.9 Å². The smallest absolute Gasteiger partial charge is 0.243 e. The van der Waals surface area contributed by atoms with Crippen LogP contribution in [0.4, 0.5) is 11.5 Å². The van der Waals surface area contributed by atoms with Gasteiger partial charge in [0.2, 0.25) is 21.8 Å².